The quantitative estimate of drug-likeness (QED) is 0.342. The van der Waals surface area contributed by atoms with Crippen molar-refractivity contribution in [2.24, 2.45) is 5.92 Å². The predicted octanol–water partition coefficient (Wildman–Crippen LogP) is 1.44. The van der Waals surface area contributed by atoms with Gasteiger partial charge in [0, 0.05) is 5.56 Å². The molecule has 1 atom stereocenters. The third kappa shape index (κ3) is 4.06. The first-order chi connectivity index (χ1) is 9.11. The number of esters is 2. The third-order valence-corrected chi connectivity index (χ3v) is 2.47. The largest absolute Gasteiger partial charge is 0.468 e. The van der Waals surface area contributed by atoms with Crippen molar-refractivity contribution in [1.82, 2.24) is 0 Å². The monoisotopic (exact) mass is 284 g/mol. The highest BCUT2D eigenvalue weighted by molar-refractivity contribution is 6.21. The van der Waals surface area contributed by atoms with Crippen LogP contribution in [-0.2, 0) is 19.1 Å². The van der Waals surface area contributed by atoms with Crippen molar-refractivity contribution in [3.8, 4) is 0 Å². The summed E-state index contributed by atoms with van der Waals surface area (Å²) in [7, 11) is 1.10. The Kier molecular flexibility index (Phi) is 6.02. The van der Waals surface area contributed by atoms with E-state index in [4.69, 9.17) is 16.3 Å². The Hall–Kier alpha value is -1.88. The topological polar surface area (TPSA) is 69.7 Å². The van der Waals surface area contributed by atoms with Crippen molar-refractivity contribution < 1.29 is 23.9 Å². The van der Waals surface area contributed by atoms with Gasteiger partial charge in [-0.05, 0) is 0 Å². The predicted molar refractivity (Wildman–Crippen MR) is 68.0 cm³/mol. The van der Waals surface area contributed by atoms with Gasteiger partial charge in [-0.15, -0.1) is 11.6 Å². The lowest BCUT2D eigenvalue weighted by atomic mass is 9.98. The number of alkyl halides is 1. The van der Waals surface area contributed by atoms with Gasteiger partial charge in [0.05, 0.1) is 13.0 Å². The molecule has 0 heterocycles. The lowest BCUT2D eigenvalue weighted by Crippen LogP contribution is -2.34. The molecule has 1 rings (SSSR count). The van der Waals surface area contributed by atoms with Gasteiger partial charge in [-0.3, -0.25) is 14.4 Å². The van der Waals surface area contributed by atoms with Crippen molar-refractivity contribution in [2.75, 3.05) is 19.6 Å². The van der Waals surface area contributed by atoms with Crippen LogP contribution >= 0.6 is 11.6 Å². The van der Waals surface area contributed by atoms with E-state index >= 15 is 0 Å². The molecule has 1 unspecified atom stereocenters. The standard InChI is InChI=1S/C13H13ClO5/c1-18-12(16)10(13(17)19-8-7-14)11(15)9-5-3-2-4-6-9/h2-6,10H,7-8H2,1H3. The minimum atomic E-state index is -1.62. The summed E-state index contributed by atoms with van der Waals surface area (Å²) in [6, 6.07) is 7.99. The summed E-state index contributed by atoms with van der Waals surface area (Å²) >= 11 is 5.38. The first kappa shape index (κ1) is 15.2. The Morgan fingerprint density at radius 3 is 2.32 bits per heavy atom. The molecular weight excluding hydrogens is 272 g/mol. The van der Waals surface area contributed by atoms with Crippen molar-refractivity contribution in [3.63, 3.8) is 0 Å². The van der Waals surface area contributed by atoms with E-state index in [1.54, 1.807) is 18.2 Å². The fourth-order valence-corrected chi connectivity index (χ4v) is 1.50. The molecule has 0 bridgehead atoms. The van der Waals surface area contributed by atoms with Crippen LogP contribution in [0, 0.1) is 5.92 Å². The molecule has 0 saturated heterocycles. The molecule has 1 aromatic rings. The molecule has 5 nitrogen and oxygen atoms in total. The van der Waals surface area contributed by atoms with Gasteiger partial charge in [-0.1, -0.05) is 30.3 Å². The van der Waals surface area contributed by atoms with E-state index in [2.05, 4.69) is 4.74 Å². The summed E-state index contributed by atoms with van der Waals surface area (Å²) in [5.74, 6) is -4.10. The minimum absolute atomic E-state index is 0.0735. The molecule has 19 heavy (non-hydrogen) atoms. The van der Waals surface area contributed by atoms with Gasteiger partial charge in [0.1, 0.15) is 6.61 Å². The second kappa shape index (κ2) is 7.53. The number of carbonyl (C=O) groups excluding carboxylic acids is 3. The van der Waals surface area contributed by atoms with E-state index in [1.165, 1.54) is 12.1 Å². The molecule has 0 aliphatic heterocycles. The number of halogens is 1. The fraction of sp³-hybridized carbons (Fsp3) is 0.308. The van der Waals surface area contributed by atoms with Crippen LogP contribution in [0.4, 0.5) is 0 Å². The Morgan fingerprint density at radius 2 is 1.79 bits per heavy atom. The van der Waals surface area contributed by atoms with Crippen LogP contribution in [0.1, 0.15) is 10.4 Å². The van der Waals surface area contributed by atoms with E-state index in [-0.39, 0.29) is 18.1 Å². The van der Waals surface area contributed by atoms with Crippen LogP contribution in [0.2, 0.25) is 0 Å². The van der Waals surface area contributed by atoms with Gasteiger partial charge >= 0.3 is 11.9 Å². The maximum absolute atomic E-state index is 12.1. The maximum Gasteiger partial charge on any atom is 0.328 e. The van der Waals surface area contributed by atoms with Crippen LogP contribution in [-0.4, -0.2) is 37.3 Å². The lowest BCUT2D eigenvalue weighted by Gasteiger charge is -2.12. The molecule has 6 heteroatoms. The number of Topliss-reactive ketones (excluding diaryl/α,β-unsaturated/α-hetero) is 1. The minimum Gasteiger partial charge on any atom is -0.468 e. The Labute approximate surface area is 115 Å². The average molecular weight is 285 g/mol. The van der Waals surface area contributed by atoms with Crippen LogP contribution < -0.4 is 0 Å². The molecule has 0 aliphatic rings. The number of ketones is 1. The number of methoxy groups -OCH3 is 1. The summed E-state index contributed by atoms with van der Waals surface area (Å²) in [5, 5.41) is 0. The van der Waals surface area contributed by atoms with E-state index in [0.717, 1.165) is 7.11 Å². The molecule has 0 aliphatic carbocycles. The number of ether oxygens (including phenoxy) is 2. The van der Waals surface area contributed by atoms with Crippen molar-refractivity contribution in [1.29, 1.82) is 0 Å². The zero-order valence-corrected chi connectivity index (χ0v) is 11.1. The van der Waals surface area contributed by atoms with Crippen molar-refractivity contribution in [3.05, 3.63) is 35.9 Å². The zero-order chi connectivity index (χ0) is 14.3. The number of benzene rings is 1. The van der Waals surface area contributed by atoms with E-state index in [0.29, 0.717) is 0 Å². The molecule has 0 radical (unpaired) electrons. The molecule has 102 valence electrons. The third-order valence-electron chi connectivity index (χ3n) is 2.31. The van der Waals surface area contributed by atoms with Gasteiger partial charge in [-0.25, -0.2) is 0 Å². The lowest BCUT2D eigenvalue weighted by molar-refractivity contribution is -0.157. The van der Waals surface area contributed by atoms with Gasteiger partial charge < -0.3 is 9.47 Å². The molecule has 1 aromatic carbocycles. The normalized spacial score (nSPS) is 11.5. The SMILES string of the molecule is COC(=O)C(C(=O)OCCCl)C(=O)c1ccccc1. The maximum atomic E-state index is 12.1. The van der Waals surface area contributed by atoms with Gasteiger partial charge in [-0.2, -0.15) is 0 Å². The number of hydrogen-bond donors (Lipinski definition) is 0. The highest BCUT2D eigenvalue weighted by atomic mass is 35.5. The highest BCUT2D eigenvalue weighted by Gasteiger charge is 2.37. The smallest absolute Gasteiger partial charge is 0.328 e. The Bertz CT molecular complexity index is 457. The molecule has 0 fully saturated rings. The van der Waals surface area contributed by atoms with E-state index < -0.39 is 23.6 Å². The highest BCUT2D eigenvalue weighted by Crippen LogP contribution is 2.12. The van der Waals surface area contributed by atoms with E-state index in [9.17, 15) is 14.4 Å². The van der Waals surface area contributed by atoms with Crippen LogP contribution in [0.5, 0.6) is 0 Å². The first-order valence-electron chi connectivity index (χ1n) is 5.51. The van der Waals surface area contributed by atoms with Crippen LogP contribution in [0.3, 0.4) is 0 Å². The second-order valence-electron chi connectivity index (χ2n) is 3.54. The Balaban J connectivity index is 2.94. The zero-order valence-electron chi connectivity index (χ0n) is 10.3. The van der Waals surface area contributed by atoms with Crippen molar-refractivity contribution >= 4 is 29.3 Å². The Morgan fingerprint density at radius 1 is 1.16 bits per heavy atom. The molecule has 0 amide bonds. The van der Waals surface area contributed by atoms with Crippen molar-refractivity contribution in [2.45, 2.75) is 0 Å². The molecule has 0 spiro atoms. The molecule has 0 saturated carbocycles. The summed E-state index contributed by atoms with van der Waals surface area (Å²) in [6.45, 7) is -0.0735. The summed E-state index contributed by atoms with van der Waals surface area (Å²) in [5.41, 5.74) is 0.237. The molecule has 0 N–H and O–H groups in total. The molecule has 0 aromatic heterocycles. The molecular formula is C13H13ClO5. The van der Waals surface area contributed by atoms with E-state index in [1.807, 2.05) is 0 Å². The van der Waals surface area contributed by atoms with Crippen LogP contribution in [0.15, 0.2) is 30.3 Å². The first-order valence-corrected chi connectivity index (χ1v) is 6.05. The average Bonchev–Trinajstić information content (AvgIpc) is 2.45. The number of rotatable bonds is 6. The fourth-order valence-electron chi connectivity index (χ4n) is 1.42. The van der Waals surface area contributed by atoms with Gasteiger partial charge in [0.15, 0.2) is 5.78 Å². The summed E-state index contributed by atoms with van der Waals surface area (Å²) < 4.78 is 9.19. The van der Waals surface area contributed by atoms with Gasteiger partial charge in [0.25, 0.3) is 0 Å². The second-order valence-corrected chi connectivity index (χ2v) is 3.92. The van der Waals surface area contributed by atoms with Gasteiger partial charge in [0.2, 0.25) is 5.92 Å². The van der Waals surface area contributed by atoms with Crippen LogP contribution in [0.25, 0.3) is 0 Å². The number of carbonyl (C=O) groups is 3. The number of hydrogen-bond acceptors (Lipinski definition) is 5. The summed E-state index contributed by atoms with van der Waals surface area (Å²) in [4.78, 5) is 35.4. The summed E-state index contributed by atoms with van der Waals surface area (Å²) in [6.07, 6.45) is 0.